The van der Waals surface area contributed by atoms with E-state index < -0.39 is 22.6 Å². The zero-order valence-corrected chi connectivity index (χ0v) is 15.5. The van der Waals surface area contributed by atoms with Crippen molar-refractivity contribution >= 4 is 28.3 Å². The van der Waals surface area contributed by atoms with Crippen LogP contribution in [0.3, 0.4) is 0 Å². The van der Waals surface area contributed by atoms with E-state index in [4.69, 9.17) is 9.15 Å². The number of non-ortho nitro benzene ring substituents is 1. The zero-order chi connectivity index (χ0) is 20.4. The molecule has 0 bridgehead atoms. The van der Waals surface area contributed by atoms with Crippen LogP contribution in [0.15, 0.2) is 51.7 Å². The molecule has 2 aromatic carbocycles. The highest BCUT2D eigenvalue weighted by Crippen LogP contribution is 2.24. The number of carbonyl (C=O) groups excluding carboxylic acids is 1. The van der Waals surface area contributed by atoms with Crippen LogP contribution in [-0.2, 0) is 4.79 Å². The standard InChI is InChI=1S/C20H18N2O6/c1-11-4-5-14(22(25)26)9-17(11)21-20(24)13(3)27-15-6-7-16-12(2)8-19(23)28-18(16)10-15/h4-10,13H,1-3H3,(H,21,24). The van der Waals surface area contributed by atoms with Gasteiger partial charge in [-0.25, -0.2) is 4.79 Å². The van der Waals surface area contributed by atoms with Gasteiger partial charge in [0.05, 0.1) is 10.6 Å². The maximum atomic E-state index is 12.4. The number of aryl methyl sites for hydroxylation is 2. The van der Waals surface area contributed by atoms with Gasteiger partial charge in [-0.15, -0.1) is 0 Å². The lowest BCUT2D eigenvalue weighted by molar-refractivity contribution is -0.384. The summed E-state index contributed by atoms with van der Waals surface area (Å²) in [5.41, 5.74) is 1.60. The molecule has 0 saturated heterocycles. The predicted octanol–water partition coefficient (Wildman–Crippen LogP) is 3.72. The number of nitro groups is 1. The van der Waals surface area contributed by atoms with Crippen molar-refractivity contribution in [2.24, 2.45) is 0 Å². The summed E-state index contributed by atoms with van der Waals surface area (Å²) in [5, 5.41) is 14.3. The number of fused-ring (bicyclic) bond motifs is 1. The first-order valence-electron chi connectivity index (χ1n) is 8.51. The normalized spacial score (nSPS) is 11.8. The lowest BCUT2D eigenvalue weighted by Gasteiger charge is -2.16. The number of nitrogens with one attached hydrogen (secondary N) is 1. The number of nitrogens with zero attached hydrogens (tertiary/aromatic N) is 1. The van der Waals surface area contributed by atoms with Gasteiger partial charge in [-0.05, 0) is 44.0 Å². The van der Waals surface area contributed by atoms with Crippen molar-refractivity contribution in [3.05, 3.63) is 74.1 Å². The molecule has 3 aromatic rings. The highest BCUT2D eigenvalue weighted by atomic mass is 16.6. The summed E-state index contributed by atoms with van der Waals surface area (Å²) in [6, 6.07) is 10.6. The molecular formula is C20H18N2O6. The summed E-state index contributed by atoms with van der Waals surface area (Å²) in [7, 11) is 0. The van der Waals surface area contributed by atoms with Crippen molar-refractivity contribution < 1.29 is 18.9 Å². The predicted molar refractivity (Wildman–Crippen MR) is 104 cm³/mol. The zero-order valence-electron chi connectivity index (χ0n) is 15.5. The Balaban J connectivity index is 1.78. The summed E-state index contributed by atoms with van der Waals surface area (Å²) < 4.78 is 10.8. The molecule has 144 valence electrons. The quantitative estimate of drug-likeness (QED) is 0.409. The number of benzene rings is 2. The van der Waals surface area contributed by atoms with E-state index in [1.807, 2.05) is 0 Å². The lowest BCUT2D eigenvalue weighted by atomic mass is 10.1. The molecular weight excluding hydrogens is 364 g/mol. The van der Waals surface area contributed by atoms with Crippen LogP contribution in [0.4, 0.5) is 11.4 Å². The molecule has 1 unspecified atom stereocenters. The fourth-order valence-electron chi connectivity index (χ4n) is 2.73. The van der Waals surface area contributed by atoms with E-state index in [0.29, 0.717) is 22.6 Å². The molecule has 1 atom stereocenters. The molecule has 3 rings (SSSR count). The first-order chi connectivity index (χ1) is 13.2. The molecule has 0 aliphatic carbocycles. The van der Waals surface area contributed by atoms with Crippen molar-refractivity contribution in [1.29, 1.82) is 0 Å². The molecule has 1 aromatic heterocycles. The molecule has 28 heavy (non-hydrogen) atoms. The Morgan fingerprint density at radius 3 is 2.61 bits per heavy atom. The topological polar surface area (TPSA) is 112 Å². The van der Waals surface area contributed by atoms with E-state index in [1.165, 1.54) is 18.2 Å². The van der Waals surface area contributed by atoms with Crippen molar-refractivity contribution in [1.82, 2.24) is 0 Å². The fraction of sp³-hybridized carbons (Fsp3) is 0.200. The SMILES string of the molecule is Cc1ccc([N+](=O)[O-])cc1NC(=O)C(C)Oc1ccc2c(C)cc(=O)oc2c1. The van der Waals surface area contributed by atoms with Gasteiger partial charge >= 0.3 is 5.63 Å². The molecule has 0 fully saturated rings. The van der Waals surface area contributed by atoms with Crippen LogP contribution in [0, 0.1) is 24.0 Å². The molecule has 0 saturated carbocycles. The van der Waals surface area contributed by atoms with Crippen LogP contribution >= 0.6 is 0 Å². The van der Waals surface area contributed by atoms with E-state index >= 15 is 0 Å². The maximum Gasteiger partial charge on any atom is 0.336 e. The van der Waals surface area contributed by atoms with Gasteiger partial charge in [-0.1, -0.05) is 6.07 Å². The van der Waals surface area contributed by atoms with Crippen LogP contribution in [0.2, 0.25) is 0 Å². The van der Waals surface area contributed by atoms with Crippen LogP contribution < -0.4 is 15.7 Å². The van der Waals surface area contributed by atoms with Crippen LogP contribution in [0.25, 0.3) is 11.0 Å². The Morgan fingerprint density at radius 1 is 1.14 bits per heavy atom. The number of hydrogen-bond acceptors (Lipinski definition) is 6. The van der Waals surface area contributed by atoms with Gasteiger partial charge in [0.15, 0.2) is 6.10 Å². The molecule has 1 heterocycles. The molecule has 8 nitrogen and oxygen atoms in total. The number of amides is 1. The fourth-order valence-corrected chi connectivity index (χ4v) is 2.73. The third kappa shape index (κ3) is 4.01. The number of nitro benzene ring substituents is 1. The third-order valence-corrected chi connectivity index (χ3v) is 4.29. The average molecular weight is 382 g/mol. The summed E-state index contributed by atoms with van der Waals surface area (Å²) in [6.07, 6.45) is -0.882. The number of rotatable bonds is 5. The minimum absolute atomic E-state index is 0.116. The molecule has 8 heteroatoms. The molecule has 1 amide bonds. The maximum absolute atomic E-state index is 12.4. The highest BCUT2D eigenvalue weighted by molar-refractivity contribution is 5.95. The molecule has 1 N–H and O–H groups in total. The molecule has 0 aliphatic rings. The number of hydrogen-bond donors (Lipinski definition) is 1. The van der Waals surface area contributed by atoms with Crippen molar-refractivity contribution in [3.8, 4) is 5.75 Å². The smallest absolute Gasteiger partial charge is 0.336 e. The molecule has 0 spiro atoms. The molecule has 0 radical (unpaired) electrons. The molecule has 0 aliphatic heterocycles. The Kier molecular flexibility index (Phi) is 5.12. The number of carbonyl (C=O) groups is 1. The Morgan fingerprint density at radius 2 is 1.89 bits per heavy atom. The van der Waals surface area contributed by atoms with Gasteiger partial charge in [-0.3, -0.25) is 14.9 Å². The van der Waals surface area contributed by atoms with Crippen molar-refractivity contribution in [3.63, 3.8) is 0 Å². The first-order valence-corrected chi connectivity index (χ1v) is 8.51. The summed E-state index contributed by atoms with van der Waals surface area (Å²) in [5.74, 6) is -0.103. The Labute approximate surface area is 159 Å². The van der Waals surface area contributed by atoms with Gasteiger partial charge in [-0.2, -0.15) is 0 Å². The minimum Gasteiger partial charge on any atom is -0.481 e. The lowest BCUT2D eigenvalue weighted by Crippen LogP contribution is -2.30. The van der Waals surface area contributed by atoms with Gasteiger partial charge in [0, 0.05) is 29.7 Å². The van der Waals surface area contributed by atoms with Crippen molar-refractivity contribution in [2.45, 2.75) is 26.9 Å². The van der Waals surface area contributed by atoms with Gasteiger partial charge < -0.3 is 14.5 Å². The van der Waals surface area contributed by atoms with E-state index in [1.54, 1.807) is 45.0 Å². The van der Waals surface area contributed by atoms with E-state index in [0.717, 1.165) is 10.9 Å². The third-order valence-electron chi connectivity index (χ3n) is 4.29. The second-order valence-corrected chi connectivity index (χ2v) is 6.41. The Hall–Kier alpha value is -3.68. The highest BCUT2D eigenvalue weighted by Gasteiger charge is 2.18. The van der Waals surface area contributed by atoms with Gasteiger partial charge in [0.25, 0.3) is 11.6 Å². The van der Waals surface area contributed by atoms with Crippen molar-refractivity contribution in [2.75, 3.05) is 5.32 Å². The number of ether oxygens (including phenoxy) is 1. The van der Waals surface area contributed by atoms with E-state index in [9.17, 15) is 19.7 Å². The second-order valence-electron chi connectivity index (χ2n) is 6.41. The largest absolute Gasteiger partial charge is 0.481 e. The van der Waals surface area contributed by atoms with Gasteiger partial charge in [0.1, 0.15) is 11.3 Å². The summed E-state index contributed by atoms with van der Waals surface area (Å²) >= 11 is 0. The van der Waals surface area contributed by atoms with Crippen LogP contribution in [0.1, 0.15) is 18.1 Å². The minimum atomic E-state index is -0.882. The van der Waals surface area contributed by atoms with Crippen LogP contribution in [-0.4, -0.2) is 16.9 Å². The van der Waals surface area contributed by atoms with Gasteiger partial charge in [0.2, 0.25) is 0 Å². The first kappa shape index (κ1) is 19.1. The summed E-state index contributed by atoms with van der Waals surface area (Å²) in [6.45, 7) is 5.09. The summed E-state index contributed by atoms with van der Waals surface area (Å²) in [4.78, 5) is 34.4. The Bertz CT molecular complexity index is 1140. The van der Waals surface area contributed by atoms with E-state index in [2.05, 4.69) is 5.32 Å². The van der Waals surface area contributed by atoms with E-state index in [-0.39, 0.29) is 5.69 Å². The monoisotopic (exact) mass is 382 g/mol. The van der Waals surface area contributed by atoms with Crippen LogP contribution in [0.5, 0.6) is 5.75 Å². The average Bonchev–Trinajstić information content (AvgIpc) is 2.62. The number of anilines is 1. The second kappa shape index (κ2) is 7.51.